The molecule has 5 aliphatic rings. The van der Waals surface area contributed by atoms with Crippen LogP contribution < -0.4 is 18.3 Å². The van der Waals surface area contributed by atoms with E-state index in [1.807, 2.05) is 0 Å². The third kappa shape index (κ3) is 12.1. The average molecular weight is 891 g/mol. The molecule has 0 amide bonds. The van der Waals surface area contributed by atoms with Gasteiger partial charge in [-0.25, -0.2) is 0 Å². The standard InChI is InChI=1S/C56H82O5Si2/c1-39-20-17-21-40(2)28-46-37-53(61-63(15,16)55(8,9)10)47(35-51(46)59-12)33-49-32-43-24-18-22-41(3)29-45-36-52(60-62(13,14)54(5,6)7)44(34-50(45)58-11)26-25-42(4)30-48(31-43)56(49,38-57)27-19-23-39/h19,21-23,25,31,34-38,48-49H,1,17-18,20,24,26-30,32-33H2,2-16H3/b23-19+,40-21?,41-22?,42-25+/t48-,49+,56+/m1/s1. The molecular weight excluding hydrogens is 809 g/mol. The SMILES string of the molecule is C=C1/C=C/C[C@@]2(C=O)[C@@H](CC3=C[C@H]2C/C(C)=C/Cc2cc(OC)c(cc2O[Si](C)(C)C(C)(C)C)CC(C)=CCC3)Cc2cc(OC)c(cc2O[Si](C)(C)C(C)(C)C)CC(C)=CCC1. The van der Waals surface area contributed by atoms with Crippen molar-refractivity contribution in [3.63, 3.8) is 0 Å². The molecule has 5 nitrogen and oxygen atoms in total. The topological polar surface area (TPSA) is 54.0 Å². The van der Waals surface area contributed by atoms with Gasteiger partial charge in [-0.05, 0) is 169 Å². The Labute approximate surface area is 385 Å². The molecule has 0 aliphatic heterocycles. The zero-order valence-corrected chi connectivity index (χ0v) is 44.0. The van der Waals surface area contributed by atoms with Crippen LogP contribution in [0.15, 0.2) is 95.2 Å². The van der Waals surface area contributed by atoms with E-state index >= 15 is 0 Å². The maximum absolute atomic E-state index is 14.3. The lowest BCUT2D eigenvalue weighted by atomic mass is 9.57. The van der Waals surface area contributed by atoms with Crippen molar-refractivity contribution >= 4 is 22.9 Å². The largest absolute Gasteiger partial charge is 0.543 e. The number of benzene rings is 2. The minimum absolute atomic E-state index is 0.00570. The normalized spacial score (nSPS) is 23.6. The van der Waals surface area contributed by atoms with E-state index in [0.717, 1.165) is 109 Å². The summed E-state index contributed by atoms with van der Waals surface area (Å²) in [6.45, 7) is 34.3. The van der Waals surface area contributed by atoms with Crippen molar-refractivity contribution in [2.45, 2.75) is 169 Å². The summed E-state index contributed by atoms with van der Waals surface area (Å²) in [4.78, 5) is 14.3. The fourth-order valence-electron chi connectivity index (χ4n) is 9.12. The fraction of sp³-hybridized carbons (Fsp3) is 0.554. The minimum atomic E-state index is -2.24. The highest BCUT2D eigenvalue weighted by Crippen LogP contribution is 2.52. The maximum Gasteiger partial charge on any atom is 0.250 e. The Morgan fingerprint density at radius 1 is 0.667 bits per heavy atom. The van der Waals surface area contributed by atoms with E-state index in [1.165, 1.54) is 28.6 Å². The molecule has 0 saturated heterocycles. The minimum Gasteiger partial charge on any atom is -0.543 e. The molecule has 5 aliphatic carbocycles. The number of fused-ring (bicyclic) bond motifs is 15. The van der Waals surface area contributed by atoms with Gasteiger partial charge >= 0.3 is 0 Å². The van der Waals surface area contributed by atoms with Crippen molar-refractivity contribution in [2.24, 2.45) is 17.3 Å². The number of hydrogen-bond donors (Lipinski definition) is 0. The lowest BCUT2D eigenvalue weighted by molar-refractivity contribution is -0.122. The Hall–Kier alpha value is -3.82. The third-order valence-corrected chi connectivity index (χ3v) is 23.9. The van der Waals surface area contributed by atoms with Gasteiger partial charge in [-0.15, -0.1) is 0 Å². The summed E-state index contributed by atoms with van der Waals surface area (Å²) in [6.07, 6.45) is 24.4. The molecule has 0 radical (unpaired) electrons. The smallest absolute Gasteiger partial charge is 0.250 e. The van der Waals surface area contributed by atoms with Gasteiger partial charge in [0.25, 0.3) is 0 Å². The average Bonchev–Trinajstić information content (AvgIpc) is 3.17. The summed E-state index contributed by atoms with van der Waals surface area (Å²) in [5, 5.41) is 0.0726. The third-order valence-electron chi connectivity index (χ3n) is 15.2. The lowest BCUT2D eigenvalue weighted by Gasteiger charge is -2.46. The summed E-state index contributed by atoms with van der Waals surface area (Å²) in [5.41, 5.74) is 10.4. The van der Waals surface area contributed by atoms with Crippen molar-refractivity contribution in [1.29, 1.82) is 0 Å². The Kier molecular flexibility index (Phi) is 16.0. The predicted molar refractivity (Wildman–Crippen MR) is 272 cm³/mol. The van der Waals surface area contributed by atoms with E-state index in [1.54, 1.807) is 14.2 Å². The number of methoxy groups -OCH3 is 2. The highest BCUT2D eigenvalue weighted by Gasteiger charge is 2.47. The molecule has 63 heavy (non-hydrogen) atoms. The van der Waals surface area contributed by atoms with Gasteiger partial charge in [0, 0.05) is 22.1 Å². The second-order valence-electron chi connectivity index (χ2n) is 22.3. The van der Waals surface area contributed by atoms with Gasteiger partial charge in [-0.1, -0.05) is 112 Å². The lowest BCUT2D eigenvalue weighted by Crippen LogP contribution is -2.45. The van der Waals surface area contributed by atoms with Crippen LogP contribution in [0.4, 0.5) is 0 Å². The van der Waals surface area contributed by atoms with Crippen molar-refractivity contribution in [2.75, 3.05) is 14.2 Å². The van der Waals surface area contributed by atoms with Crippen LogP contribution in [-0.4, -0.2) is 37.1 Å². The van der Waals surface area contributed by atoms with Gasteiger partial charge in [-0.2, -0.15) is 0 Å². The summed E-state index contributed by atoms with van der Waals surface area (Å²) in [5.74, 6) is 3.77. The molecule has 2 aromatic carbocycles. The van der Waals surface area contributed by atoms with E-state index in [0.29, 0.717) is 12.8 Å². The van der Waals surface area contributed by atoms with Gasteiger partial charge in [0.15, 0.2) is 0 Å². The first-order chi connectivity index (χ1) is 29.4. The molecule has 0 fully saturated rings. The van der Waals surface area contributed by atoms with E-state index in [4.69, 9.17) is 18.3 Å². The van der Waals surface area contributed by atoms with Crippen LogP contribution in [0.1, 0.15) is 130 Å². The first-order valence-corrected chi connectivity index (χ1v) is 29.5. The van der Waals surface area contributed by atoms with Crippen LogP contribution in [-0.2, 0) is 30.5 Å². The molecule has 3 atom stereocenters. The summed E-state index contributed by atoms with van der Waals surface area (Å²) < 4.78 is 26.7. The number of carbonyl (C=O) groups excluding carboxylic acids is 1. The van der Waals surface area contributed by atoms with Crippen LogP contribution in [0.2, 0.25) is 36.3 Å². The van der Waals surface area contributed by atoms with Gasteiger partial charge in [0.1, 0.15) is 29.3 Å². The Morgan fingerprint density at radius 3 is 1.70 bits per heavy atom. The molecule has 0 saturated carbocycles. The van der Waals surface area contributed by atoms with E-state index in [9.17, 15) is 4.79 Å². The summed E-state index contributed by atoms with van der Waals surface area (Å²) in [7, 11) is -0.827. The van der Waals surface area contributed by atoms with Gasteiger partial charge < -0.3 is 23.1 Å². The van der Waals surface area contributed by atoms with Crippen molar-refractivity contribution in [3.05, 3.63) is 117 Å². The van der Waals surface area contributed by atoms with Crippen LogP contribution in [0.25, 0.3) is 0 Å². The molecular formula is C56H82O5Si2. The second-order valence-corrected chi connectivity index (χ2v) is 31.7. The predicted octanol–water partition coefficient (Wildman–Crippen LogP) is 15.4. The van der Waals surface area contributed by atoms with E-state index in [-0.39, 0.29) is 21.9 Å². The van der Waals surface area contributed by atoms with Gasteiger partial charge in [-0.3, -0.25) is 0 Å². The molecule has 0 aromatic heterocycles. The van der Waals surface area contributed by atoms with Crippen molar-refractivity contribution in [3.8, 4) is 23.0 Å². The summed E-state index contributed by atoms with van der Waals surface area (Å²) >= 11 is 0. The first kappa shape index (κ1) is 50.2. The molecule has 0 heterocycles. The van der Waals surface area contributed by atoms with E-state index < -0.39 is 22.0 Å². The van der Waals surface area contributed by atoms with Crippen LogP contribution in [0, 0.1) is 17.3 Å². The van der Waals surface area contributed by atoms with Crippen LogP contribution in [0.3, 0.4) is 0 Å². The molecule has 7 heteroatoms. The van der Waals surface area contributed by atoms with Crippen molar-refractivity contribution < 1.29 is 23.1 Å². The van der Waals surface area contributed by atoms with Crippen molar-refractivity contribution in [1.82, 2.24) is 0 Å². The number of aldehydes is 1. The highest BCUT2D eigenvalue weighted by molar-refractivity contribution is 6.75. The monoisotopic (exact) mass is 891 g/mol. The fourth-order valence-corrected chi connectivity index (χ4v) is 11.2. The highest BCUT2D eigenvalue weighted by atomic mass is 28.4. The summed E-state index contributed by atoms with van der Waals surface area (Å²) in [6, 6.07) is 8.98. The Bertz CT molecular complexity index is 2150. The second kappa shape index (κ2) is 20.1. The maximum atomic E-state index is 14.3. The van der Waals surface area contributed by atoms with Crippen LogP contribution >= 0.6 is 0 Å². The molecule has 2 aromatic rings. The van der Waals surface area contributed by atoms with Gasteiger partial charge in [0.05, 0.1) is 14.2 Å². The Morgan fingerprint density at radius 2 is 1.17 bits per heavy atom. The first-order valence-electron chi connectivity index (χ1n) is 23.7. The zero-order chi connectivity index (χ0) is 46.5. The Balaban J connectivity index is 1.69. The molecule has 0 unspecified atom stereocenters. The number of hydrogen-bond acceptors (Lipinski definition) is 5. The molecule has 0 spiro atoms. The number of ether oxygens (including phenoxy) is 2. The molecule has 6 bridgehead atoms. The molecule has 0 N–H and O–H groups in total. The van der Waals surface area contributed by atoms with Gasteiger partial charge in [0.2, 0.25) is 16.6 Å². The quantitative estimate of drug-likeness (QED) is 0.157. The number of rotatable bonds is 7. The molecule has 344 valence electrons. The number of allylic oxidation sites excluding steroid dienone is 11. The van der Waals surface area contributed by atoms with Crippen LogP contribution in [0.5, 0.6) is 23.0 Å². The van der Waals surface area contributed by atoms with E-state index in [2.05, 4.69) is 156 Å². The zero-order valence-electron chi connectivity index (χ0n) is 42.0. The molecule has 7 rings (SSSR count). The number of carbonyl (C=O) groups is 1.